The Morgan fingerprint density at radius 3 is 2.42 bits per heavy atom. The zero-order chi connectivity index (χ0) is 14.0. The zero-order valence-electron chi connectivity index (χ0n) is 11.8. The molecule has 0 aliphatic rings. The fraction of sp³-hybridized carbons (Fsp3) is 0.500. The molecule has 1 aromatic carbocycles. The summed E-state index contributed by atoms with van der Waals surface area (Å²) >= 11 is 5.39. The van der Waals surface area contributed by atoms with E-state index in [4.69, 9.17) is 21.7 Å². The van der Waals surface area contributed by atoms with Crippen LogP contribution in [0.25, 0.3) is 11.0 Å². The van der Waals surface area contributed by atoms with E-state index in [-0.39, 0.29) is 0 Å². The van der Waals surface area contributed by atoms with Crippen LogP contribution in [0.5, 0.6) is 11.5 Å². The zero-order valence-corrected chi connectivity index (χ0v) is 12.6. The van der Waals surface area contributed by atoms with E-state index >= 15 is 0 Å². The van der Waals surface area contributed by atoms with Gasteiger partial charge in [-0.1, -0.05) is 13.8 Å². The van der Waals surface area contributed by atoms with E-state index in [0.29, 0.717) is 11.7 Å². The van der Waals surface area contributed by atoms with Gasteiger partial charge in [-0.05, 0) is 24.6 Å². The SMILES string of the molecule is COc1cc2[nH]c(=S)n(CCC(C)C)c2cc1OC. The normalized spacial score (nSPS) is 11.2. The molecule has 0 aliphatic carbocycles. The molecule has 104 valence electrons. The van der Waals surface area contributed by atoms with Crippen molar-refractivity contribution in [3.63, 3.8) is 0 Å². The Labute approximate surface area is 118 Å². The molecule has 5 heteroatoms. The molecule has 0 unspecified atom stereocenters. The van der Waals surface area contributed by atoms with Crippen LogP contribution < -0.4 is 9.47 Å². The number of nitrogens with one attached hydrogen (secondary N) is 1. The van der Waals surface area contributed by atoms with E-state index in [9.17, 15) is 0 Å². The number of aromatic amines is 1. The fourth-order valence-electron chi connectivity index (χ4n) is 2.09. The molecule has 0 aliphatic heterocycles. The van der Waals surface area contributed by atoms with Gasteiger partial charge in [-0.15, -0.1) is 0 Å². The minimum absolute atomic E-state index is 0.645. The average Bonchev–Trinajstić information content (AvgIpc) is 2.69. The molecule has 19 heavy (non-hydrogen) atoms. The third-order valence-electron chi connectivity index (χ3n) is 3.21. The van der Waals surface area contributed by atoms with Gasteiger partial charge in [0.2, 0.25) is 0 Å². The summed E-state index contributed by atoms with van der Waals surface area (Å²) in [6, 6.07) is 3.90. The van der Waals surface area contributed by atoms with Gasteiger partial charge in [-0.3, -0.25) is 0 Å². The lowest BCUT2D eigenvalue weighted by atomic mass is 10.1. The molecule has 2 rings (SSSR count). The van der Waals surface area contributed by atoms with Gasteiger partial charge in [0.1, 0.15) is 0 Å². The van der Waals surface area contributed by atoms with Gasteiger partial charge in [0.25, 0.3) is 0 Å². The van der Waals surface area contributed by atoms with Gasteiger partial charge >= 0.3 is 0 Å². The summed E-state index contributed by atoms with van der Waals surface area (Å²) in [7, 11) is 3.28. The molecule has 1 N–H and O–H groups in total. The summed E-state index contributed by atoms with van der Waals surface area (Å²) in [6.07, 6.45) is 1.09. The molecule has 0 radical (unpaired) electrons. The molecule has 0 saturated carbocycles. The number of H-pyrrole nitrogens is 1. The van der Waals surface area contributed by atoms with Crippen LogP contribution in [0, 0.1) is 10.7 Å². The third kappa shape index (κ3) is 2.76. The molecule has 4 nitrogen and oxygen atoms in total. The average molecular weight is 280 g/mol. The molecule has 0 atom stereocenters. The van der Waals surface area contributed by atoms with E-state index in [0.717, 1.165) is 34.5 Å². The van der Waals surface area contributed by atoms with Crippen molar-refractivity contribution < 1.29 is 9.47 Å². The van der Waals surface area contributed by atoms with Crippen molar-refractivity contribution in [3.05, 3.63) is 16.9 Å². The first-order valence-corrected chi connectivity index (χ1v) is 6.82. The Kier molecular flexibility index (Phi) is 4.14. The van der Waals surface area contributed by atoms with Crippen molar-refractivity contribution in [1.82, 2.24) is 9.55 Å². The molecule has 2 aromatic rings. The summed E-state index contributed by atoms with van der Waals surface area (Å²) in [4.78, 5) is 3.22. The first-order valence-electron chi connectivity index (χ1n) is 6.41. The number of aromatic nitrogens is 2. The maximum absolute atomic E-state index is 5.39. The number of rotatable bonds is 5. The molecule has 0 saturated heterocycles. The number of aryl methyl sites for hydroxylation is 1. The molecule has 0 spiro atoms. The lowest BCUT2D eigenvalue weighted by Crippen LogP contribution is -2.01. The van der Waals surface area contributed by atoms with Crippen molar-refractivity contribution >= 4 is 23.3 Å². The number of methoxy groups -OCH3 is 2. The van der Waals surface area contributed by atoms with Crippen LogP contribution >= 0.6 is 12.2 Å². The third-order valence-corrected chi connectivity index (χ3v) is 3.53. The van der Waals surface area contributed by atoms with E-state index in [1.54, 1.807) is 14.2 Å². The maximum Gasteiger partial charge on any atom is 0.178 e. The summed E-state index contributed by atoms with van der Waals surface area (Å²) in [6.45, 7) is 5.33. The topological polar surface area (TPSA) is 39.2 Å². The van der Waals surface area contributed by atoms with Crippen molar-refractivity contribution in [1.29, 1.82) is 0 Å². The number of fused-ring (bicyclic) bond motifs is 1. The van der Waals surface area contributed by atoms with E-state index in [1.807, 2.05) is 12.1 Å². The van der Waals surface area contributed by atoms with Gasteiger partial charge in [0, 0.05) is 18.7 Å². The Balaban J connectivity index is 2.52. The Bertz CT molecular complexity index is 628. The molecular weight excluding hydrogens is 260 g/mol. The van der Waals surface area contributed by atoms with Crippen molar-refractivity contribution in [2.45, 2.75) is 26.8 Å². The molecule has 0 amide bonds. The van der Waals surface area contributed by atoms with Crippen LogP contribution in [0.15, 0.2) is 12.1 Å². The van der Waals surface area contributed by atoms with Gasteiger partial charge < -0.3 is 19.0 Å². The Morgan fingerprint density at radius 2 is 1.84 bits per heavy atom. The van der Waals surface area contributed by atoms with Crippen molar-refractivity contribution in [3.8, 4) is 11.5 Å². The second-order valence-electron chi connectivity index (χ2n) is 4.99. The Hall–Kier alpha value is -1.49. The first-order chi connectivity index (χ1) is 9.06. The maximum atomic E-state index is 5.39. The lowest BCUT2D eigenvalue weighted by molar-refractivity contribution is 0.355. The highest BCUT2D eigenvalue weighted by Gasteiger charge is 2.11. The summed E-state index contributed by atoms with van der Waals surface area (Å²) in [5.74, 6) is 2.08. The highest BCUT2D eigenvalue weighted by molar-refractivity contribution is 7.71. The van der Waals surface area contributed by atoms with Crippen LogP contribution in [0.2, 0.25) is 0 Å². The van der Waals surface area contributed by atoms with Crippen molar-refractivity contribution in [2.75, 3.05) is 14.2 Å². The van der Waals surface area contributed by atoms with E-state index < -0.39 is 0 Å². The molecule has 1 aromatic heterocycles. The van der Waals surface area contributed by atoms with Crippen LogP contribution in [0.4, 0.5) is 0 Å². The fourth-order valence-corrected chi connectivity index (χ4v) is 2.39. The number of nitrogens with zero attached hydrogens (tertiary/aromatic N) is 1. The summed E-state index contributed by atoms with van der Waals surface area (Å²) in [5.41, 5.74) is 2.04. The first kappa shape index (κ1) is 13.9. The smallest absolute Gasteiger partial charge is 0.178 e. The summed E-state index contributed by atoms with van der Waals surface area (Å²) in [5, 5.41) is 0. The second-order valence-corrected chi connectivity index (χ2v) is 5.38. The van der Waals surface area contributed by atoms with Gasteiger partial charge in [0.15, 0.2) is 16.3 Å². The number of benzene rings is 1. The molecule has 0 bridgehead atoms. The monoisotopic (exact) mass is 280 g/mol. The van der Waals surface area contributed by atoms with E-state index in [2.05, 4.69) is 23.4 Å². The predicted molar refractivity (Wildman–Crippen MR) is 79.7 cm³/mol. The van der Waals surface area contributed by atoms with Gasteiger partial charge in [-0.2, -0.15) is 0 Å². The second kappa shape index (κ2) is 5.65. The van der Waals surface area contributed by atoms with Crippen LogP contribution in [-0.4, -0.2) is 23.8 Å². The summed E-state index contributed by atoms with van der Waals surface area (Å²) < 4.78 is 13.5. The Morgan fingerprint density at radius 1 is 1.21 bits per heavy atom. The molecular formula is C14H20N2O2S. The minimum Gasteiger partial charge on any atom is -0.493 e. The van der Waals surface area contributed by atoms with Crippen LogP contribution in [0.3, 0.4) is 0 Å². The highest BCUT2D eigenvalue weighted by Crippen LogP contribution is 2.32. The molecule has 1 heterocycles. The van der Waals surface area contributed by atoms with E-state index in [1.165, 1.54) is 0 Å². The predicted octanol–water partition coefficient (Wildman–Crippen LogP) is 3.76. The highest BCUT2D eigenvalue weighted by atomic mass is 32.1. The van der Waals surface area contributed by atoms with Crippen molar-refractivity contribution in [2.24, 2.45) is 5.92 Å². The van der Waals surface area contributed by atoms with Crippen LogP contribution in [0.1, 0.15) is 20.3 Å². The lowest BCUT2D eigenvalue weighted by Gasteiger charge is -2.10. The number of ether oxygens (including phenoxy) is 2. The number of imidazole rings is 1. The largest absolute Gasteiger partial charge is 0.493 e. The van der Waals surface area contributed by atoms with Gasteiger partial charge in [0.05, 0.1) is 25.3 Å². The number of hydrogen-bond donors (Lipinski definition) is 1. The van der Waals surface area contributed by atoms with Gasteiger partial charge in [-0.25, -0.2) is 0 Å². The standard InChI is InChI=1S/C14H20N2O2S/c1-9(2)5-6-16-11-8-13(18-4)12(17-3)7-10(11)15-14(16)19/h7-9H,5-6H2,1-4H3,(H,15,19). The quantitative estimate of drug-likeness (QED) is 0.848. The number of hydrogen-bond acceptors (Lipinski definition) is 3. The molecule has 0 fully saturated rings. The minimum atomic E-state index is 0.645. The van der Waals surface area contributed by atoms with Crippen LogP contribution in [-0.2, 0) is 6.54 Å².